The van der Waals surface area contributed by atoms with Crippen molar-refractivity contribution in [2.24, 2.45) is 0 Å². The van der Waals surface area contributed by atoms with Gasteiger partial charge in [-0.15, -0.1) is 0 Å². The maximum atomic E-state index is 14.8. The molecule has 2 amide bonds. The predicted octanol–water partition coefficient (Wildman–Crippen LogP) is 3.22. The highest BCUT2D eigenvalue weighted by molar-refractivity contribution is 5.99. The molecule has 0 aliphatic carbocycles. The highest BCUT2D eigenvalue weighted by Gasteiger charge is 2.40. The van der Waals surface area contributed by atoms with Gasteiger partial charge in [-0.05, 0) is 37.6 Å². The third-order valence-corrected chi connectivity index (χ3v) is 6.22. The molecule has 0 saturated carbocycles. The lowest BCUT2D eigenvalue weighted by Crippen LogP contribution is -2.46. The number of rotatable bonds is 5. The zero-order valence-corrected chi connectivity index (χ0v) is 19.5. The maximum absolute atomic E-state index is 14.8. The van der Waals surface area contributed by atoms with E-state index >= 15 is 0 Å². The number of pyridine rings is 2. The summed E-state index contributed by atoms with van der Waals surface area (Å²) in [5.41, 5.74) is -2.31. The fourth-order valence-corrected chi connectivity index (χ4v) is 4.18. The Morgan fingerprint density at radius 2 is 1.92 bits per heavy atom. The van der Waals surface area contributed by atoms with Crippen LogP contribution in [0.5, 0.6) is 0 Å². The lowest BCUT2D eigenvalue weighted by atomic mass is 10.1. The van der Waals surface area contributed by atoms with Crippen LogP contribution in [-0.4, -0.2) is 50.8 Å². The molecule has 1 aliphatic rings. The number of carbonyl (C=O) groups is 2. The Morgan fingerprint density at radius 1 is 1.22 bits per heavy atom. The number of alkyl halides is 3. The first-order valence-electron chi connectivity index (χ1n) is 11.2. The predicted molar refractivity (Wildman–Crippen MR) is 122 cm³/mol. The second kappa shape index (κ2) is 9.54. The number of benzene rings is 1. The smallest absolute Gasteiger partial charge is 0.390 e. The van der Waals surface area contributed by atoms with E-state index in [-0.39, 0.29) is 29.0 Å². The lowest BCUT2D eigenvalue weighted by Gasteiger charge is -2.23. The molecule has 3 heterocycles. The first-order valence-corrected chi connectivity index (χ1v) is 11.2. The van der Waals surface area contributed by atoms with Crippen molar-refractivity contribution in [3.63, 3.8) is 0 Å². The summed E-state index contributed by atoms with van der Waals surface area (Å²) >= 11 is 0. The normalized spacial score (nSPS) is 18.9. The summed E-state index contributed by atoms with van der Waals surface area (Å²) in [5.74, 6) is -3.81. The van der Waals surface area contributed by atoms with E-state index in [2.05, 4.69) is 4.98 Å². The van der Waals surface area contributed by atoms with Crippen LogP contribution in [0.15, 0.2) is 41.3 Å². The van der Waals surface area contributed by atoms with Gasteiger partial charge >= 0.3 is 6.18 Å². The van der Waals surface area contributed by atoms with E-state index in [1.165, 1.54) is 24.0 Å². The monoisotopic (exact) mass is 524 g/mol. The average Bonchev–Trinajstić information content (AvgIpc) is 3.08. The molecule has 1 fully saturated rings. The van der Waals surface area contributed by atoms with Crippen molar-refractivity contribution in [1.29, 1.82) is 0 Å². The highest BCUT2D eigenvalue weighted by atomic mass is 19.4. The third kappa shape index (κ3) is 4.78. The molecule has 0 radical (unpaired) electrons. The third-order valence-electron chi connectivity index (χ3n) is 6.22. The van der Waals surface area contributed by atoms with Crippen molar-refractivity contribution in [3.8, 4) is 5.69 Å². The number of anilines is 1. The summed E-state index contributed by atoms with van der Waals surface area (Å²) in [7, 11) is 0. The molecule has 1 aromatic carbocycles. The van der Waals surface area contributed by atoms with E-state index in [0.29, 0.717) is 6.07 Å². The minimum absolute atomic E-state index is 0.0116. The lowest BCUT2D eigenvalue weighted by molar-refractivity contribution is -0.153. The Labute approximate surface area is 206 Å². The van der Waals surface area contributed by atoms with Gasteiger partial charge in [-0.25, -0.2) is 13.8 Å². The number of hydrogen-bond acceptors (Lipinski definition) is 5. The van der Waals surface area contributed by atoms with Crippen LogP contribution < -0.4 is 15.6 Å². The minimum Gasteiger partial charge on any atom is -0.390 e. The molecule has 1 saturated heterocycles. The molecule has 2 unspecified atom stereocenters. The minimum atomic E-state index is -4.77. The Hall–Kier alpha value is -3.87. The molecular weight excluding hydrogens is 503 g/mol. The van der Waals surface area contributed by atoms with Crippen molar-refractivity contribution >= 4 is 28.7 Å². The summed E-state index contributed by atoms with van der Waals surface area (Å²) in [6, 6.07) is 2.02. The quantitative estimate of drug-likeness (QED) is 0.499. The second-order valence-electron chi connectivity index (χ2n) is 8.63. The molecule has 2 aromatic heterocycles. The highest BCUT2D eigenvalue weighted by Crippen LogP contribution is 2.28. The van der Waals surface area contributed by atoms with Crippen molar-refractivity contribution in [2.45, 2.75) is 51.1 Å². The van der Waals surface area contributed by atoms with Gasteiger partial charge in [-0.3, -0.25) is 23.9 Å². The van der Waals surface area contributed by atoms with Crippen LogP contribution in [0.4, 0.5) is 27.8 Å². The molecule has 3 aromatic rings. The van der Waals surface area contributed by atoms with Gasteiger partial charge in [0.15, 0.2) is 5.65 Å². The van der Waals surface area contributed by atoms with Gasteiger partial charge in [0, 0.05) is 12.3 Å². The SMILES string of the molecule is CC[C@@H](NC(=O)c1cn(-c2ccc(F)cc2F)c2nc(N3C(=O)CC(O)C3C)ccc2c1=O)C(F)(F)F. The van der Waals surface area contributed by atoms with Crippen LogP contribution in [-0.2, 0) is 4.79 Å². The van der Waals surface area contributed by atoms with Crippen molar-refractivity contribution in [2.75, 3.05) is 4.90 Å². The first-order chi connectivity index (χ1) is 17.3. The second-order valence-corrected chi connectivity index (χ2v) is 8.63. The van der Waals surface area contributed by atoms with Crippen LogP contribution in [0.3, 0.4) is 0 Å². The van der Waals surface area contributed by atoms with Gasteiger partial charge in [0.2, 0.25) is 11.3 Å². The maximum Gasteiger partial charge on any atom is 0.408 e. The Morgan fingerprint density at radius 3 is 2.49 bits per heavy atom. The van der Waals surface area contributed by atoms with Gasteiger partial charge in [0.25, 0.3) is 5.91 Å². The molecule has 0 bridgehead atoms. The van der Waals surface area contributed by atoms with E-state index < -0.39 is 65.2 Å². The molecule has 37 heavy (non-hydrogen) atoms. The Balaban J connectivity index is 1.94. The van der Waals surface area contributed by atoms with E-state index in [0.717, 1.165) is 22.9 Å². The average molecular weight is 524 g/mol. The van der Waals surface area contributed by atoms with Crippen LogP contribution in [0.2, 0.25) is 0 Å². The summed E-state index contributed by atoms with van der Waals surface area (Å²) in [4.78, 5) is 43.8. The fourth-order valence-electron chi connectivity index (χ4n) is 4.18. The van der Waals surface area contributed by atoms with E-state index in [9.17, 15) is 41.4 Å². The number of amides is 2. The van der Waals surface area contributed by atoms with Gasteiger partial charge in [0.1, 0.15) is 29.1 Å². The largest absolute Gasteiger partial charge is 0.408 e. The number of hydrogen-bond donors (Lipinski definition) is 2. The number of halogens is 5. The van der Waals surface area contributed by atoms with E-state index in [1.54, 1.807) is 12.2 Å². The standard InChI is InChI=1S/C24H21F5N4O4/c1-3-18(24(27,28)29)30-23(37)14-10-32(16-6-4-12(25)8-15(16)26)22-13(21(14)36)5-7-19(31-22)33-11(2)17(34)9-20(33)35/h4-8,10-11,17-18,34H,3,9H2,1-2H3,(H,30,37)/t11?,17?,18-/m1/s1. The number of aliphatic hydroxyl groups excluding tert-OH is 1. The van der Waals surface area contributed by atoms with Gasteiger partial charge < -0.3 is 10.4 Å². The molecular formula is C24H21F5N4O4. The summed E-state index contributed by atoms with van der Waals surface area (Å²) in [5, 5.41) is 11.6. The summed E-state index contributed by atoms with van der Waals surface area (Å²) < 4.78 is 69.0. The zero-order chi connectivity index (χ0) is 27.2. The van der Waals surface area contributed by atoms with Crippen LogP contribution >= 0.6 is 0 Å². The number of nitrogens with zero attached hydrogens (tertiary/aromatic N) is 3. The summed E-state index contributed by atoms with van der Waals surface area (Å²) in [6.07, 6.45) is -5.60. The van der Waals surface area contributed by atoms with Crippen LogP contribution in [0.25, 0.3) is 16.7 Å². The van der Waals surface area contributed by atoms with Crippen LogP contribution in [0, 0.1) is 11.6 Å². The first kappa shape index (κ1) is 26.2. The molecule has 196 valence electrons. The number of carbonyl (C=O) groups excluding carboxylic acids is 2. The Bertz CT molecular complexity index is 1460. The van der Waals surface area contributed by atoms with Crippen molar-refractivity contribution in [3.05, 3.63) is 63.9 Å². The molecule has 3 atom stereocenters. The molecule has 2 N–H and O–H groups in total. The van der Waals surface area contributed by atoms with Gasteiger partial charge in [-0.2, -0.15) is 13.2 Å². The Kier molecular flexibility index (Phi) is 6.76. The fraction of sp³-hybridized carbons (Fsp3) is 0.333. The molecule has 13 heteroatoms. The molecule has 0 spiro atoms. The van der Waals surface area contributed by atoms with Crippen molar-refractivity contribution in [1.82, 2.24) is 14.9 Å². The van der Waals surface area contributed by atoms with E-state index in [4.69, 9.17) is 0 Å². The van der Waals surface area contributed by atoms with Gasteiger partial charge in [-0.1, -0.05) is 6.92 Å². The number of aliphatic hydroxyl groups is 1. The number of aromatic nitrogens is 2. The number of fused-ring (bicyclic) bond motifs is 1. The van der Waals surface area contributed by atoms with E-state index in [1.807, 2.05) is 0 Å². The number of nitrogens with one attached hydrogen (secondary N) is 1. The van der Waals surface area contributed by atoms with Crippen molar-refractivity contribution < 1.29 is 36.6 Å². The van der Waals surface area contributed by atoms with Gasteiger partial charge in [0.05, 0.1) is 29.6 Å². The molecule has 8 nitrogen and oxygen atoms in total. The zero-order valence-electron chi connectivity index (χ0n) is 19.5. The molecule has 4 rings (SSSR count). The topological polar surface area (TPSA) is 105 Å². The summed E-state index contributed by atoms with van der Waals surface area (Å²) in [6.45, 7) is 2.78. The molecule has 1 aliphatic heterocycles. The van der Waals surface area contributed by atoms with Crippen LogP contribution in [0.1, 0.15) is 37.0 Å².